The maximum Gasteiger partial charge on any atom is 0.272 e. The average molecular weight is 379 g/mol. The first kappa shape index (κ1) is 18.7. The summed E-state index contributed by atoms with van der Waals surface area (Å²) < 4.78 is 13.0. The Bertz CT molecular complexity index is 977. The Kier molecular flexibility index (Phi) is 5.18. The predicted molar refractivity (Wildman–Crippen MR) is 111 cm³/mol. The zero-order chi connectivity index (χ0) is 19.7. The number of fused-ring (bicyclic) bond motifs is 1. The molecule has 0 saturated carbocycles. The molecule has 1 unspecified atom stereocenters. The molecule has 1 aliphatic rings. The van der Waals surface area contributed by atoms with Crippen LogP contribution in [0, 0.1) is 5.82 Å². The van der Waals surface area contributed by atoms with E-state index < -0.39 is 0 Å². The summed E-state index contributed by atoms with van der Waals surface area (Å²) >= 11 is 0. The van der Waals surface area contributed by atoms with Gasteiger partial charge in [0.2, 0.25) is 0 Å². The minimum atomic E-state index is -0.324. The van der Waals surface area contributed by atoms with Crippen molar-refractivity contribution in [2.75, 3.05) is 18.4 Å². The number of benzene rings is 2. The molecule has 28 heavy (non-hydrogen) atoms. The van der Waals surface area contributed by atoms with Crippen LogP contribution in [0.3, 0.4) is 0 Å². The van der Waals surface area contributed by atoms with Crippen molar-refractivity contribution in [2.24, 2.45) is 0 Å². The van der Waals surface area contributed by atoms with E-state index in [1.54, 1.807) is 12.1 Å². The first-order chi connectivity index (χ1) is 13.5. The van der Waals surface area contributed by atoms with E-state index in [2.05, 4.69) is 47.2 Å². The lowest BCUT2D eigenvalue weighted by atomic mass is 9.89. The molecule has 1 aliphatic heterocycles. The molecule has 3 aromatic rings. The van der Waals surface area contributed by atoms with Crippen LogP contribution in [0.15, 0.2) is 48.5 Å². The summed E-state index contributed by atoms with van der Waals surface area (Å²) in [6.45, 7) is 6.77. The monoisotopic (exact) mass is 379 g/mol. The smallest absolute Gasteiger partial charge is 0.272 e. The number of amides is 1. The molecule has 0 aliphatic carbocycles. The third kappa shape index (κ3) is 3.94. The number of hydrogen-bond acceptors (Lipinski definition) is 2. The number of H-pyrrole nitrogens is 1. The van der Waals surface area contributed by atoms with Gasteiger partial charge < -0.3 is 15.2 Å². The standard InChI is InChI=1S/C23H26FN3O/c1-15(2)27-11-3-4-17(14-27)16-5-10-21-18(12-16)13-22(26-21)23(28)25-20-8-6-19(24)7-9-20/h5-10,12-13,15,17,26H,3-4,11,14H2,1-2H3,(H,25,28). The summed E-state index contributed by atoms with van der Waals surface area (Å²) in [4.78, 5) is 18.3. The molecule has 1 atom stereocenters. The zero-order valence-electron chi connectivity index (χ0n) is 16.3. The molecule has 2 heterocycles. The molecule has 2 N–H and O–H groups in total. The molecule has 2 aromatic carbocycles. The second-order valence-electron chi connectivity index (χ2n) is 7.92. The highest BCUT2D eigenvalue weighted by Gasteiger charge is 2.23. The van der Waals surface area contributed by atoms with Gasteiger partial charge in [-0.05, 0) is 87.2 Å². The molecule has 0 bridgehead atoms. The first-order valence-electron chi connectivity index (χ1n) is 9.93. The van der Waals surface area contributed by atoms with Crippen LogP contribution in [0.4, 0.5) is 10.1 Å². The van der Waals surface area contributed by atoms with Crippen LogP contribution >= 0.6 is 0 Å². The third-order valence-corrected chi connectivity index (χ3v) is 5.65. The number of nitrogens with one attached hydrogen (secondary N) is 2. The lowest BCUT2D eigenvalue weighted by Crippen LogP contribution is -2.39. The number of piperidine rings is 1. The molecule has 5 heteroatoms. The number of carbonyl (C=O) groups is 1. The SMILES string of the molecule is CC(C)N1CCCC(c2ccc3[nH]c(C(=O)Nc4ccc(F)cc4)cc3c2)C1. The van der Waals surface area contributed by atoms with E-state index in [1.807, 2.05) is 6.07 Å². The van der Waals surface area contributed by atoms with Gasteiger partial charge in [0, 0.05) is 29.2 Å². The molecule has 0 radical (unpaired) electrons. The Hall–Kier alpha value is -2.66. The van der Waals surface area contributed by atoms with Gasteiger partial charge in [-0.1, -0.05) is 6.07 Å². The van der Waals surface area contributed by atoms with Crippen molar-refractivity contribution in [3.8, 4) is 0 Å². The van der Waals surface area contributed by atoms with Gasteiger partial charge in [-0.3, -0.25) is 4.79 Å². The zero-order valence-corrected chi connectivity index (χ0v) is 16.3. The average Bonchev–Trinajstić information content (AvgIpc) is 3.13. The highest BCUT2D eigenvalue weighted by molar-refractivity contribution is 6.05. The maximum absolute atomic E-state index is 13.0. The molecule has 4 rings (SSSR count). The second kappa shape index (κ2) is 7.76. The van der Waals surface area contributed by atoms with Gasteiger partial charge in [0.05, 0.1) is 0 Å². The number of nitrogens with zero attached hydrogens (tertiary/aromatic N) is 1. The summed E-state index contributed by atoms with van der Waals surface area (Å²) in [7, 11) is 0. The number of anilines is 1. The quantitative estimate of drug-likeness (QED) is 0.659. The second-order valence-corrected chi connectivity index (χ2v) is 7.92. The van der Waals surface area contributed by atoms with E-state index in [0.717, 1.165) is 17.4 Å². The Balaban J connectivity index is 1.53. The summed E-state index contributed by atoms with van der Waals surface area (Å²) in [5, 5.41) is 3.84. The van der Waals surface area contributed by atoms with Crippen LogP contribution in [-0.2, 0) is 0 Å². The largest absolute Gasteiger partial charge is 0.351 e. The van der Waals surface area contributed by atoms with E-state index in [9.17, 15) is 9.18 Å². The number of likely N-dealkylation sites (tertiary alicyclic amines) is 1. The fourth-order valence-electron chi connectivity index (χ4n) is 4.01. The van der Waals surface area contributed by atoms with E-state index >= 15 is 0 Å². The van der Waals surface area contributed by atoms with Crippen molar-refractivity contribution in [1.29, 1.82) is 0 Å². The number of halogens is 1. The van der Waals surface area contributed by atoms with Crippen LogP contribution in [0.25, 0.3) is 10.9 Å². The molecular formula is C23H26FN3O. The van der Waals surface area contributed by atoms with Gasteiger partial charge in [-0.25, -0.2) is 4.39 Å². The number of hydrogen-bond donors (Lipinski definition) is 2. The van der Waals surface area contributed by atoms with Gasteiger partial charge >= 0.3 is 0 Å². The topological polar surface area (TPSA) is 48.1 Å². The minimum Gasteiger partial charge on any atom is -0.351 e. The van der Waals surface area contributed by atoms with Crippen LogP contribution in [0.5, 0.6) is 0 Å². The van der Waals surface area contributed by atoms with Gasteiger partial charge in [0.25, 0.3) is 5.91 Å². The number of aromatic nitrogens is 1. The summed E-state index contributed by atoms with van der Waals surface area (Å²) in [5.74, 6) is -0.0187. The Morgan fingerprint density at radius 3 is 2.71 bits per heavy atom. The van der Waals surface area contributed by atoms with E-state index in [4.69, 9.17) is 0 Å². The maximum atomic E-state index is 13.0. The van der Waals surface area contributed by atoms with Crippen molar-refractivity contribution < 1.29 is 9.18 Å². The molecular weight excluding hydrogens is 353 g/mol. The lowest BCUT2D eigenvalue weighted by molar-refractivity contribution is 0.102. The molecule has 1 amide bonds. The van der Waals surface area contributed by atoms with Crippen molar-refractivity contribution in [2.45, 2.75) is 38.6 Å². The van der Waals surface area contributed by atoms with E-state index in [-0.39, 0.29) is 11.7 Å². The van der Waals surface area contributed by atoms with Crippen molar-refractivity contribution in [1.82, 2.24) is 9.88 Å². The number of rotatable bonds is 4. The number of aromatic amines is 1. The van der Waals surface area contributed by atoms with Gasteiger partial charge in [-0.2, -0.15) is 0 Å². The third-order valence-electron chi connectivity index (χ3n) is 5.65. The predicted octanol–water partition coefficient (Wildman–Crippen LogP) is 5.15. The highest BCUT2D eigenvalue weighted by atomic mass is 19.1. The van der Waals surface area contributed by atoms with Crippen LogP contribution in [0.2, 0.25) is 0 Å². The molecule has 146 valence electrons. The van der Waals surface area contributed by atoms with Crippen molar-refractivity contribution >= 4 is 22.5 Å². The molecule has 4 nitrogen and oxygen atoms in total. The van der Waals surface area contributed by atoms with Gasteiger partial charge in [0.1, 0.15) is 11.5 Å². The van der Waals surface area contributed by atoms with Gasteiger partial charge in [0.15, 0.2) is 0 Å². The Labute approximate surface area is 164 Å². The number of carbonyl (C=O) groups excluding carboxylic acids is 1. The summed E-state index contributed by atoms with van der Waals surface area (Å²) in [5.41, 5.74) is 3.36. The first-order valence-corrected chi connectivity index (χ1v) is 9.93. The molecule has 1 aromatic heterocycles. The normalized spacial score (nSPS) is 17.9. The Morgan fingerprint density at radius 1 is 1.18 bits per heavy atom. The Morgan fingerprint density at radius 2 is 1.96 bits per heavy atom. The lowest BCUT2D eigenvalue weighted by Gasteiger charge is -2.35. The fraction of sp³-hybridized carbons (Fsp3) is 0.348. The molecule has 0 spiro atoms. The van der Waals surface area contributed by atoms with Crippen LogP contribution in [-0.4, -0.2) is 34.9 Å². The minimum absolute atomic E-state index is 0.229. The molecule has 1 saturated heterocycles. The van der Waals surface area contributed by atoms with Crippen molar-refractivity contribution in [3.63, 3.8) is 0 Å². The molecule has 1 fully saturated rings. The van der Waals surface area contributed by atoms with Crippen LogP contribution < -0.4 is 5.32 Å². The highest BCUT2D eigenvalue weighted by Crippen LogP contribution is 2.30. The van der Waals surface area contributed by atoms with Crippen LogP contribution in [0.1, 0.15) is 48.7 Å². The summed E-state index contributed by atoms with van der Waals surface area (Å²) in [6.07, 6.45) is 2.43. The van der Waals surface area contributed by atoms with Gasteiger partial charge in [-0.15, -0.1) is 0 Å². The fourth-order valence-corrected chi connectivity index (χ4v) is 4.01. The van der Waals surface area contributed by atoms with E-state index in [0.29, 0.717) is 23.3 Å². The van der Waals surface area contributed by atoms with E-state index in [1.165, 1.54) is 37.1 Å². The van der Waals surface area contributed by atoms with Crippen molar-refractivity contribution in [3.05, 3.63) is 65.6 Å². The summed E-state index contributed by atoms with van der Waals surface area (Å²) in [6, 6.07) is 14.7.